The van der Waals surface area contributed by atoms with E-state index in [0.29, 0.717) is 5.92 Å². The molecule has 2 atom stereocenters. The van der Waals surface area contributed by atoms with Gasteiger partial charge in [-0.25, -0.2) is 0 Å². The topological polar surface area (TPSA) is 41.1 Å². The van der Waals surface area contributed by atoms with Crippen molar-refractivity contribution in [1.29, 1.82) is 0 Å². The molecule has 130 valence electrons. The van der Waals surface area contributed by atoms with Crippen molar-refractivity contribution < 1.29 is 4.79 Å². The van der Waals surface area contributed by atoms with Gasteiger partial charge in [-0.2, -0.15) is 0 Å². The normalized spacial score (nSPS) is 18.6. The predicted molar refractivity (Wildman–Crippen MR) is 103 cm³/mol. The average Bonchev–Trinajstić information content (AvgIpc) is 2.61. The van der Waals surface area contributed by atoms with E-state index < -0.39 is 0 Å². The number of halogens is 1. The minimum atomic E-state index is -0.107. The van der Waals surface area contributed by atoms with Gasteiger partial charge in [-0.05, 0) is 61.5 Å². The number of carbonyl (C=O) groups excluding carboxylic acids is 1. The van der Waals surface area contributed by atoms with Gasteiger partial charge < -0.3 is 10.6 Å². The van der Waals surface area contributed by atoms with E-state index in [2.05, 4.69) is 41.0 Å². The first kappa shape index (κ1) is 18.8. The van der Waals surface area contributed by atoms with Gasteiger partial charge in [0.25, 0.3) is 0 Å². The molecule has 24 heavy (non-hydrogen) atoms. The van der Waals surface area contributed by atoms with Gasteiger partial charge in [-0.15, -0.1) is 12.4 Å². The van der Waals surface area contributed by atoms with Crippen molar-refractivity contribution in [3.8, 4) is 0 Å². The lowest BCUT2D eigenvalue weighted by molar-refractivity contribution is -0.122. The third kappa shape index (κ3) is 4.71. The zero-order valence-electron chi connectivity index (χ0n) is 14.3. The van der Waals surface area contributed by atoms with Crippen LogP contribution in [0.15, 0.2) is 42.5 Å². The highest BCUT2D eigenvalue weighted by Gasteiger charge is 2.17. The molecule has 2 N–H and O–H groups in total. The SMILES string of the molecule is CC(C(=O)NCCC1CCCNC1)c1ccc2ccccc2c1.Cl. The van der Waals surface area contributed by atoms with Gasteiger partial charge in [0.2, 0.25) is 5.91 Å². The van der Waals surface area contributed by atoms with Crippen LogP contribution in [0, 0.1) is 5.92 Å². The Morgan fingerprint density at radius 2 is 2.04 bits per heavy atom. The molecule has 0 aliphatic carbocycles. The van der Waals surface area contributed by atoms with E-state index in [1.54, 1.807) is 0 Å². The van der Waals surface area contributed by atoms with Crippen molar-refractivity contribution in [2.45, 2.75) is 32.1 Å². The predicted octanol–water partition coefficient (Wildman–Crippen LogP) is 3.87. The fourth-order valence-electron chi connectivity index (χ4n) is 3.35. The minimum Gasteiger partial charge on any atom is -0.356 e. The molecular formula is C20H27ClN2O. The second-order valence-electron chi connectivity index (χ2n) is 6.62. The smallest absolute Gasteiger partial charge is 0.227 e. The number of fused-ring (bicyclic) bond motifs is 1. The summed E-state index contributed by atoms with van der Waals surface area (Å²) in [6, 6.07) is 14.6. The summed E-state index contributed by atoms with van der Waals surface area (Å²) in [6.07, 6.45) is 3.61. The van der Waals surface area contributed by atoms with Gasteiger partial charge in [0.15, 0.2) is 0 Å². The maximum atomic E-state index is 12.4. The minimum absolute atomic E-state index is 0. The number of hydrogen-bond donors (Lipinski definition) is 2. The van der Waals surface area contributed by atoms with Crippen molar-refractivity contribution in [1.82, 2.24) is 10.6 Å². The van der Waals surface area contributed by atoms with E-state index in [1.807, 2.05) is 19.1 Å². The molecule has 1 fully saturated rings. The van der Waals surface area contributed by atoms with E-state index in [-0.39, 0.29) is 24.2 Å². The average molecular weight is 347 g/mol. The van der Waals surface area contributed by atoms with E-state index in [0.717, 1.165) is 31.6 Å². The molecule has 1 heterocycles. The summed E-state index contributed by atoms with van der Waals surface area (Å²) in [5.41, 5.74) is 1.08. The molecule has 2 aromatic carbocycles. The highest BCUT2D eigenvalue weighted by atomic mass is 35.5. The van der Waals surface area contributed by atoms with Crippen LogP contribution in [-0.4, -0.2) is 25.5 Å². The number of rotatable bonds is 5. The molecule has 3 nitrogen and oxygen atoms in total. The van der Waals surface area contributed by atoms with Crippen molar-refractivity contribution in [3.63, 3.8) is 0 Å². The molecule has 3 rings (SSSR count). The lowest BCUT2D eigenvalue weighted by atomic mass is 9.95. The second-order valence-corrected chi connectivity index (χ2v) is 6.62. The van der Waals surface area contributed by atoms with Crippen LogP contribution < -0.4 is 10.6 Å². The lowest BCUT2D eigenvalue weighted by Gasteiger charge is -2.23. The number of hydrogen-bond acceptors (Lipinski definition) is 2. The Kier molecular flexibility index (Phi) is 7.07. The molecule has 0 saturated carbocycles. The molecule has 0 radical (unpaired) electrons. The van der Waals surface area contributed by atoms with Crippen LogP contribution in [0.25, 0.3) is 10.8 Å². The molecule has 0 spiro atoms. The molecule has 2 aromatic rings. The zero-order chi connectivity index (χ0) is 16.1. The monoisotopic (exact) mass is 346 g/mol. The van der Waals surface area contributed by atoms with Crippen molar-refractivity contribution in [3.05, 3.63) is 48.0 Å². The van der Waals surface area contributed by atoms with Crippen LogP contribution in [-0.2, 0) is 4.79 Å². The highest BCUT2D eigenvalue weighted by Crippen LogP contribution is 2.22. The number of carbonyl (C=O) groups is 1. The fraction of sp³-hybridized carbons (Fsp3) is 0.450. The van der Waals surface area contributed by atoms with Gasteiger partial charge in [0.1, 0.15) is 0 Å². The first-order valence-corrected chi connectivity index (χ1v) is 8.71. The van der Waals surface area contributed by atoms with Crippen LogP contribution in [0.2, 0.25) is 0 Å². The third-order valence-corrected chi connectivity index (χ3v) is 4.92. The molecular weight excluding hydrogens is 320 g/mol. The van der Waals surface area contributed by atoms with Crippen molar-refractivity contribution >= 4 is 29.1 Å². The summed E-state index contributed by atoms with van der Waals surface area (Å²) in [5.74, 6) is 0.730. The largest absolute Gasteiger partial charge is 0.356 e. The maximum Gasteiger partial charge on any atom is 0.227 e. The standard InChI is InChI=1S/C20H26N2O.ClH/c1-15(18-9-8-17-6-2-3-7-19(17)13-18)20(23)22-12-10-16-5-4-11-21-14-16;/h2-3,6-9,13,15-16,21H,4-5,10-12,14H2,1H3,(H,22,23);1H. The molecule has 0 aromatic heterocycles. The van der Waals surface area contributed by atoms with E-state index >= 15 is 0 Å². The summed E-state index contributed by atoms with van der Waals surface area (Å²) in [6.45, 7) is 5.00. The Bertz CT molecular complexity index is 667. The summed E-state index contributed by atoms with van der Waals surface area (Å²) in [5, 5.41) is 8.94. The molecule has 1 saturated heterocycles. The van der Waals surface area contributed by atoms with Crippen LogP contribution >= 0.6 is 12.4 Å². The third-order valence-electron chi connectivity index (χ3n) is 4.92. The summed E-state index contributed by atoms with van der Waals surface area (Å²) in [4.78, 5) is 12.4. The Labute approximate surface area is 150 Å². The maximum absolute atomic E-state index is 12.4. The van der Waals surface area contributed by atoms with Gasteiger partial charge in [0.05, 0.1) is 5.92 Å². The second kappa shape index (κ2) is 9.05. The van der Waals surface area contributed by atoms with Crippen LogP contribution in [0.1, 0.15) is 37.7 Å². The van der Waals surface area contributed by atoms with Crippen molar-refractivity contribution in [2.75, 3.05) is 19.6 Å². The molecule has 1 aliphatic heterocycles. The van der Waals surface area contributed by atoms with Crippen LogP contribution in [0.5, 0.6) is 0 Å². The van der Waals surface area contributed by atoms with Gasteiger partial charge in [-0.1, -0.05) is 42.5 Å². The Morgan fingerprint density at radius 1 is 1.25 bits per heavy atom. The number of piperidine rings is 1. The van der Waals surface area contributed by atoms with Gasteiger partial charge in [0, 0.05) is 6.54 Å². The summed E-state index contributed by atoms with van der Waals surface area (Å²) in [7, 11) is 0. The van der Waals surface area contributed by atoms with Crippen LogP contribution in [0.4, 0.5) is 0 Å². The van der Waals surface area contributed by atoms with Crippen molar-refractivity contribution in [2.24, 2.45) is 5.92 Å². The fourth-order valence-corrected chi connectivity index (χ4v) is 3.35. The number of benzene rings is 2. The Morgan fingerprint density at radius 3 is 2.79 bits per heavy atom. The first-order valence-electron chi connectivity index (χ1n) is 8.71. The lowest BCUT2D eigenvalue weighted by Crippen LogP contribution is -2.34. The van der Waals surface area contributed by atoms with Crippen LogP contribution in [0.3, 0.4) is 0 Å². The van der Waals surface area contributed by atoms with E-state index in [9.17, 15) is 4.79 Å². The Balaban J connectivity index is 0.00000208. The molecule has 0 bridgehead atoms. The van der Waals surface area contributed by atoms with Gasteiger partial charge >= 0.3 is 0 Å². The summed E-state index contributed by atoms with van der Waals surface area (Å²) >= 11 is 0. The van der Waals surface area contributed by atoms with E-state index in [4.69, 9.17) is 0 Å². The summed E-state index contributed by atoms with van der Waals surface area (Å²) < 4.78 is 0. The Hall–Kier alpha value is -1.58. The quantitative estimate of drug-likeness (QED) is 0.862. The zero-order valence-corrected chi connectivity index (χ0v) is 15.1. The molecule has 1 amide bonds. The molecule has 4 heteroatoms. The van der Waals surface area contributed by atoms with E-state index in [1.165, 1.54) is 23.6 Å². The molecule has 2 unspecified atom stereocenters. The van der Waals surface area contributed by atoms with Gasteiger partial charge in [-0.3, -0.25) is 4.79 Å². The number of nitrogens with one attached hydrogen (secondary N) is 2. The highest BCUT2D eigenvalue weighted by molar-refractivity contribution is 5.87. The first-order chi connectivity index (χ1) is 11.2. The molecule has 1 aliphatic rings. The number of amides is 1.